The zero-order valence-corrected chi connectivity index (χ0v) is 10.9. The van der Waals surface area contributed by atoms with Crippen molar-refractivity contribution in [1.82, 2.24) is 0 Å². The third kappa shape index (κ3) is 1.76. The van der Waals surface area contributed by atoms with Crippen molar-refractivity contribution in [2.45, 2.75) is 12.3 Å². The highest BCUT2D eigenvalue weighted by Gasteiger charge is 2.49. The van der Waals surface area contributed by atoms with E-state index in [0.717, 1.165) is 4.88 Å². The molecule has 0 saturated heterocycles. The summed E-state index contributed by atoms with van der Waals surface area (Å²) >= 11 is 1.42. The van der Waals surface area contributed by atoms with E-state index in [-0.39, 0.29) is 5.56 Å². The van der Waals surface area contributed by atoms with E-state index < -0.39 is 18.1 Å². The number of carbonyl (C=O) groups excluding carboxylic acids is 1. The van der Waals surface area contributed by atoms with Gasteiger partial charge >= 0.3 is 5.92 Å². The summed E-state index contributed by atoms with van der Waals surface area (Å²) in [5.74, 6) is -4.09. The van der Waals surface area contributed by atoms with Gasteiger partial charge in [-0.05, 0) is 23.6 Å². The Balaban J connectivity index is 2.27. The third-order valence-electron chi connectivity index (χ3n) is 3.23. The van der Waals surface area contributed by atoms with Crippen molar-refractivity contribution in [2.75, 3.05) is 7.11 Å². The molecule has 3 rings (SSSR count). The molecule has 1 heterocycles. The second-order valence-corrected chi connectivity index (χ2v) is 5.30. The van der Waals surface area contributed by atoms with E-state index in [4.69, 9.17) is 4.74 Å². The van der Waals surface area contributed by atoms with Crippen LogP contribution in [0.5, 0.6) is 5.75 Å². The smallest absolute Gasteiger partial charge is 0.313 e. The third-order valence-corrected chi connectivity index (χ3v) is 4.14. The summed E-state index contributed by atoms with van der Waals surface area (Å²) in [6, 6.07) is 6.95. The van der Waals surface area contributed by atoms with E-state index in [1.54, 1.807) is 12.1 Å². The second kappa shape index (κ2) is 4.13. The van der Waals surface area contributed by atoms with Gasteiger partial charge in [0.05, 0.1) is 7.11 Å². The molecule has 0 radical (unpaired) electrons. The predicted molar refractivity (Wildman–Crippen MR) is 69.3 cm³/mol. The molecule has 0 saturated carbocycles. The Morgan fingerprint density at radius 1 is 1.32 bits per heavy atom. The van der Waals surface area contributed by atoms with Gasteiger partial charge in [0.2, 0.25) is 5.78 Å². The molecule has 1 aliphatic carbocycles. The summed E-state index contributed by atoms with van der Waals surface area (Å²) in [4.78, 5) is 12.7. The van der Waals surface area contributed by atoms with Crippen LogP contribution < -0.4 is 4.74 Å². The molecular formula is C14H10F2O2S. The summed E-state index contributed by atoms with van der Waals surface area (Å²) in [6.07, 6.45) is -0.580. The molecule has 0 fully saturated rings. The fourth-order valence-corrected chi connectivity index (χ4v) is 3.14. The molecule has 0 atom stereocenters. The molecule has 0 amide bonds. The average molecular weight is 280 g/mol. The summed E-state index contributed by atoms with van der Waals surface area (Å²) in [7, 11) is 1.42. The van der Waals surface area contributed by atoms with Gasteiger partial charge in [-0.3, -0.25) is 4.79 Å². The molecule has 1 aromatic heterocycles. The lowest BCUT2D eigenvalue weighted by Crippen LogP contribution is -2.23. The first-order valence-electron chi connectivity index (χ1n) is 5.71. The maximum absolute atomic E-state index is 13.7. The lowest BCUT2D eigenvalue weighted by atomic mass is 10.0. The Morgan fingerprint density at radius 3 is 2.74 bits per heavy atom. The number of rotatable bonds is 2. The Kier molecular flexibility index (Phi) is 2.67. The molecule has 1 aliphatic rings. The Labute approximate surface area is 112 Å². The summed E-state index contributed by atoms with van der Waals surface area (Å²) in [5.41, 5.74) is 0.975. The summed E-state index contributed by atoms with van der Waals surface area (Å²) in [6.45, 7) is 0. The first-order chi connectivity index (χ1) is 9.04. The molecule has 0 unspecified atom stereocenters. The monoisotopic (exact) mass is 280 g/mol. The number of methoxy groups -OCH3 is 1. The van der Waals surface area contributed by atoms with Crippen molar-refractivity contribution in [1.29, 1.82) is 0 Å². The maximum Gasteiger partial charge on any atom is 0.313 e. The number of benzene rings is 1. The number of fused-ring (bicyclic) bond motifs is 1. The van der Waals surface area contributed by atoms with Crippen molar-refractivity contribution in [3.05, 3.63) is 40.8 Å². The molecule has 5 heteroatoms. The predicted octanol–water partition coefficient (Wildman–Crippen LogP) is 3.80. The molecule has 2 aromatic rings. The van der Waals surface area contributed by atoms with Crippen molar-refractivity contribution < 1.29 is 18.3 Å². The normalized spacial score (nSPS) is 16.5. The minimum Gasteiger partial charge on any atom is -0.496 e. The van der Waals surface area contributed by atoms with E-state index in [1.807, 2.05) is 17.5 Å². The summed E-state index contributed by atoms with van der Waals surface area (Å²) < 4.78 is 32.4. The molecule has 1 aromatic carbocycles. The SMILES string of the molecule is COc1ccc(-c2cccs2)c2c1CC(F)(F)C2=O. The van der Waals surface area contributed by atoms with Gasteiger partial charge in [0.1, 0.15) is 5.75 Å². The number of hydrogen-bond donors (Lipinski definition) is 0. The van der Waals surface area contributed by atoms with Crippen LogP contribution in [-0.2, 0) is 6.42 Å². The average Bonchev–Trinajstić information content (AvgIpc) is 2.97. The zero-order chi connectivity index (χ0) is 13.6. The van der Waals surface area contributed by atoms with Crippen LogP contribution in [0, 0.1) is 0 Å². The lowest BCUT2D eigenvalue weighted by molar-refractivity contribution is 0.0166. The van der Waals surface area contributed by atoms with Gasteiger partial charge in [-0.2, -0.15) is 8.78 Å². The number of ketones is 1. The lowest BCUT2D eigenvalue weighted by Gasteiger charge is -2.09. The Bertz CT molecular complexity index is 648. The van der Waals surface area contributed by atoms with Gasteiger partial charge in [0, 0.05) is 28.0 Å². The maximum atomic E-state index is 13.7. The highest BCUT2D eigenvalue weighted by Crippen LogP contribution is 2.44. The van der Waals surface area contributed by atoms with Crippen LogP contribution in [0.1, 0.15) is 15.9 Å². The second-order valence-electron chi connectivity index (χ2n) is 4.36. The number of carbonyl (C=O) groups is 1. The largest absolute Gasteiger partial charge is 0.496 e. The minimum atomic E-state index is -3.33. The highest BCUT2D eigenvalue weighted by atomic mass is 32.1. The quantitative estimate of drug-likeness (QED) is 0.836. The Hall–Kier alpha value is -1.75. The van der Waals surface area contributed by atoms with Crippen LogP contribution in [-0.4, -0.2) is 18.8 Å². The molecule has 19 heavy (non-hydrogen) atoms. The minimum absolute atomic E-state index is 0.104. The van der Waals surface area contributed by atoms with Gasteiger partial charge < -0.3 is 4.74 Å². The number of thiophene rings is 1. The molecule has 0 bridgehead atoms. The van der Waals surface area contributed by atoms with Crippen molar-refractivity contribution in [2.24, 2.45) is 0 Å². The van der Waals surface area contributed by atoms with Crippen molar-refractivity contribution in [3.8, 4) is 16.2 Å². The van der Waals surface area contributed by atoms with Gasteiger partial charge in [-0.15, -0.1) is 11.3 Å². The van der Waals surface area contributed by atoms with E-state index >= 15 is 0 Å². The number of Topliss-reactive ketones (excluding diaryl/α,β-unsaturated/α-hetero) is 1. The van der Waals surface area contributed by atoms with Gasteiger partial charge in [-0.25, -0.2) is 0 Å². The van der Waals surface area contributed by atoms with Gasteiger partial charge in [0.25, 0.3) is 0 Å². The van der Waals surface area contributed by atoms with Crippen LogP contribution in [0.4, 0.5) is 8.78 Å². The van der Waals surface area contributed by atoms with Crippen LogP contribution in [0.2, 0.25) is 0 Å². The zero-order valence-electron chi connectivity index (χ0n) is 10.1. The van der Waals surface area contributed by atoms with Gasteiger partial charge in [0.15, 0.2) is 0 Å². The van der Waals surface area contributed by atoms with E-state index in [9.17, 15) is 13.6 Å². The number of hydrogen-bond acceptors (Lipinski definition) is 3. The van der Waals surface area contributed by atoms with Crippen LogP contribution in [0.3, 0.4) is 0 Å². The molecule has 0 N–H and O–H groups in total. The number of halogens is 2. The Morgan fingerprint density at radius 2 is 2.11 bits per heavy atom. The molecule has 2 nitrogen and oxygen atoms in total. The van der Waals surface area contributed by atoms with E-state index in [2.05, 4.69) is 0 Å². The van der Waals surface area contributed by atoms with Crippen LogP contribution >= 0.6 is 11.3 Å². The standard InChI is InChI=1S/C14H10F2O2S/c1-18-10-5-4-8(11-3-2-6-19-11)12-9(10)7-14(15,16)13(12)17/h2-6H,7H2,1H3. The highest BCUT2D eigenvalue weighted by molar-refractivity contribution is 7.13. The molecule has 98 valence electrons. The molecule has 0 spiro atoms. The number of alkyl halides is 2. The fourth-order valence-electron chi connectivity index (χ4n) is 2.38. The van der Waals surface area contributed by atoms with Crippen LogP contribution in [0.25, 0.3) is 10.4 Å². The first-order valence-corrected chi connectivity index (χ1v) is 6.59. The van der Waals surface area contributed by atoms with Crippen molar-refractivity contribution in [3.63, 3.8) is 0 Å². The van der Waals surface area contributed by atoms with Gasteiger partial charge in [-0.1, -0.05) is 6.07 Å². The molecular weight excluding hydrogens is 270 g/mol. The number of ether oxygens (including phenoxy) is 1. The van der Waals surface area contributed by atoms with Crippen molar-refractivity contribution >= 4 is 17.1 Å². The van der Waals surface area contributed by atoms with Crippen LogP contribution in [0.15, 0.2) is 29.6 Å². The fraction of sp³-hybridized carbons (Fsp3) is 0.214. The summed E-state index contributed by atoms with van der Waals surface area (Å²) in [5, 5.41) is 1.85. The van der Waals surface area contributed by atoms with E-state index in [1.165, 1.54) is 18.4 Å². The molecule has 0 aliphatic heterocycles. The van der Waals surface area contributed by atoms with E-state index in [0.29, 0.717) is 16.9 Å². The topological polar surface area (TPSA) is 26.3 Å². The first kappa shape index (κ1) is 12.3.